The molecule has 1 aromatic carbocycles. The van der Waals surface area contributed by atoms with E-state index in [1.165, 1.54) is 0 Å². The van der Waals surface area contributed by atoms with Crippen LogP contribution in [-0.4, -0.2) is 130 Å². The van der Waals surface area contributed by atoms with E-state index in [0.717, 1.165) is 63.1 Å². The summed E-state index contributed by atoms with van der Waals surface area (Å²) in [6.45, 7) is 8.88. The summed E-state index contributed by atoms with van der Waals surface area (Å²) >= 11 is 6.47. The van der Waals surface area contributed by atoms with Crippen LogP contribution in [0.25, 0.3) is 11.1 Å². The van der Waals surface area contributed by atoms with E-state index in [9.17, 15) is 0 Å². The molecule has 1 atom stereocenters. The Labute approximate surface area is 302 Å². The number of benzene rings is 1. The largest absolute Gasteiger partial charge is 0.487 e. The van der Waals surface area contributed by atoms with Crippen LogP contribution in [0.2, 0.25) is 5.02 Å². The van der Waals surface area contributed by atoms with Gasteiger partial charge in [-0.15, -0.1) is 10.2 Å². The van der Waals surface area contributed by atoms with Crippen molar-refractivity contribution in [3.63, 3.8) is 0 Å². The van der Waals surface area contributed by atoms with Gasteiger partial charge in [0.2, 0.25) is 5.95 Å². The second-order valence-electron chi connectivity index (χ2n) is 12.5. The van der Waals surface area contributed by atoms with Crippen molar-refractivity contribution < 1.29 is 28.4 Å². The number of aromatic nitrogens is 8. The third kappa shape index (κ3) is 10.8. The minimum absolute atomic E-state index is 0.215. The summed E-state index contributed by atoms with van der Waals surface area (Å²) < 4.78 is 37.6. The van der Waals surface area contributed by atoms with Gasteiger partial charge in [0.15, 0.2) is 0 Å². The molecule has 17 heteroatoms. The highest BCUT2D eigenvalue weighted by molar-refractivity contribution is 6.32. The third-order valence-corrected chi connectivity index (χ3v) is 9.21. The number of hydrogen-bond donors (Lipinski definition) is 1. The van der Waals surface area contributed by atoms with Crippen molar-refractivity contribution in [1.82, 2.24) is 44.9 Å². The normalized spacial score (nSPS) is 18.8. The van der Waals surface area contributed by atoms with Crippen LogP contribution in [0.3, 0.4) is 0 Å². The molecule has 276 valence electrons. The number of halogens is 1. The predicted molar refractivity (Wildman–Crippen MR) is 189 cm³/mol. The number of anilines is 2. The van der Waals surface area contributed by atoms with Gasteiger partial charge in [0, 0.05) is 44.2 Å². The Balaban J connectivity index is 1.08. The van der Waals surface area contributed by atoms with Crippen LogP contribution in [-0.2, 0) is 25.5 Å². The number of ether oxygens (including phenoxy) is 6. The average molecular weight is 727 g/mol. The lowest BCUT2D eigenvalue weighted by Gasteiger charge is -2.38. The lowest BCUT2D eigenvalue weighted by atomic mass is 9.90. The summed E-state index contributed by atoms with van der Waals surface area (Å²) in [5, 5.41) is 19.9. The fourth-order valence-corrected chi connectivity index (χ4v) is 6.43. The highest BCUT2D eigenvalue weighted by atomic mass is 35.5. The minimum Gasteiger partial charge on any atom is -0.487 e. The maximum Gasteiger partial charge on any atom is 0.257 e. The van der Waals surface area contributed by atoms with Gasteiger partial charge in [0.25, 0.3) is 5.88 Å². The molecule has 6 rings (SSSR count). The first-order valence-electron chi connectivity index (χ1n) is 17.5. The molecule has 0 radical (unpaired) electrons. The monoisotopic (exact) mass is 726 g/mol. The van der Waals surface area contributed by atoms with Gasteiger partial charge in [0.05, 0.1) is 70.1 Å². The zero-order valence-electron chi connectivity index (χ0n) is 29.2. The molecule has 0 spiro atoms. The van der Waals surface area contributed by atoms with Crippen LogP contribution in [0.1, 0.15) is 38.6 Å². The Bertz CT molecular complexity index is 1600. The molecule has 1 saturated heterocycles. The van der Waals surface area contributed by atoms with Crippen molar-refractivity contribution in [2.75, 3.05) is 78.4 Å². The van der Waals surface area contributed by atoms with E-state index >= 15 is 0 Å². The maximum atomic E-state index is 6.47. The number of morpholine rings is 1. The van der Waals surface area contributed by atoms with Crippen molar-refractivity contribution >= 4 is 23.2 Å². The van der Waals surface area contributed by atoms with Gasteiger partial charge < -0.3 is 33.7 Å². The van der Waals surface area contributed by atoms with Gasteiger partial charge in [-0.3, -0.25) is 9.58 Å². The molecule has 1 N–H and O–H groups in total. The molecule has 3 aromatic heterocycles. The van der Waals surface area contributed by atoms with E-state index in [1.807, 2.05) is 29.9 Å². The van der Waals surface area contributed by atoms with Gasteiger partial charge in [-0.25, -0.2) is 14.6 Å². The van der Waals surface area contributed by atoms with E-state index < -0.39 is 0 Å². The van der Waals surface area contributed by atoms with Crippen LogP contribution in [0.5, 0.6) is 11.6 Å². The SMILES string of the molecule is COCCOCCOCCOc1nn(C2CCC(N3CCOCC3)CC2)cc1Nc1ncc(-c2ccc(Cl)c(OC(C)Cn3cnnn3)c2)cn1. The lowest BCUT2D eigenvalue weighted by Crippen LogP contribution is -2.45. The fraction of sp³-hybridized carbons (Fsp3) is 0.588. The third-order valence-electron chi connectivity index (χ3n) is 8.90. The van der Waals surface area contributed by atoms with Crippen LogP contribution in [0.15, 0.2) is 43.1 Å². The smallest absolute Gasteiger partial charge is 0.257 e. The molecule has 1 aliphatic heterocycles. The summed E-state index contributed by atoms with van der Waals surface area (Å²) in [4.78, 5) is 11.8. The van der Waals surface area contributed by atoms with Gasteiger partial charge in [-0.1, -0.05) is 17.7 Å². The Morgan fingerprint density at radius 1 is 0.941 bits per heavy atom. The summed E-state index contributed by atoms with van der Waals surface area (Å²) in [5.41, 5.74) is 2.37. The number of tetrazole rings is 1. The van der Waals surface area contributed by atoms with Gasteiger partial charge >= 0.3 is 0 Å². The second kappa shape index (κ2) is 19.1. The summed E-state index contributed by atoms with van der Waals surface area (Å²) in [6.07, 6.45) is 11.2. The number of nitrogens with zero attached hydrogens (tertiary/aromatic N) is 9. The molecule has 1 aliphatic carbocycles. The first-order chi connectivity index (χ1) is 25.1. The Morgan fingerprint density at radius 2 is 1.67 bits per heavy atom. The van der Waals surface area contributed by atoms with E-state index in [0.29, 0.717) is 80.5 Å². The van der Waals surface area contributed by atoms with E-state index in [-0.39, 0.29) is 12.1 Å². The minimum atomic E-state index is -0.215. The second-order valence-corrected chi connectivity index (χ2v) is 12.9. The van der Waals surface area contributed by atoms with Gasteiger partial charge in [-0.2, -0.15) is 0 Å². The van der Waals surface area contributed by atoms with Crippen molar-refractivity contribution in [2.45, 2.75) is 57.3 Å². The topological polar surface area (TPSA) is 158 Å². The van der Waals surface area contributed by atoms with E-state index in [1.54, 1.807) is 36.6 Å². The molecule has 1 saturated carbocycles. The van der Waals surface area contributed by atoms with Crippen molar-refractivity contribution in [2.24, 2.45) is 0 Å². The average Bonchev–Trinajstić information content (AvgIpc) is 3.82. The molecule has 1 unspecified atom stereocenters. The number of rotatable bonds is 19. The maximum absolute atomic E-state index is 6.47. The Hall–Kier alpha value is -3.93. The molecule has 4 heterocycles. The van der Waals surface area contributed by atoms with Crippen LogP contribution in [0.4, 0.5) is 11.6 Å². The molecule has 0 amide bonds. The summed E-state index contributed by atoms with van der Waals surface area (Å²) in [5.74, 6) is 1.45. The van der Waals surface area contributed by atoms with Gasteiger partial charge in [-0.05, 0) is 60.7 Å². The molecular formula is C34H47ClN10O6. The highest BCUT2D eigenvalue weighted by Gasteiger charge is 2.29. The molecule has 51 heavy (non-hydrogen) atoms. The molecule has 0 bridgehead atoms. The Kier molecular flexibility index (Phi) is 13.8. The zero-order valence-corrected chi connectivity index (χ0v) is 30.0. The lowest BCUT2D eigenvalue weighted by molar-refractivity contribution is 0.00498. The van der Waals surface area contributed by atoms with Crippen molar-refractivity contribution in [3.8, 4) is 22.8 Å². The molecule has 2 aliphatic rings. The van der Waals surface area contributed by atoms with E-state index in [2.05, 4.69) is 35.7 Å². The predicted octanol–water partition coefficient (Wildman–Crippen LogP) is 4.07. The Morgan fingerprint density at radius 3 is 2.39 bits per heavy atom. The summed E-state index contributed by atoms with van der Waals surface area (Å²) in [7, 11) is 1.65. The van der Waals surface area contributed by atoms with Crippen LogP contribution < -0.4 is 14.8 Å². The van der Waals surface area contributed by atoms with E-state index in [4.69, 9.17) is 45.1 Å². The first kappa shape index (κ1) is 36.8. The summed E-state index contributed by atoms with van der Waals surface area (Å²) in [6, 6.07) is 6.46. The number of hydrogen-bond acceptors (Lipinski definition) is 14. The first-order valence-corrected chi connectivity index (χ1v) is 17.9. The molecule has 4 aromatic rings. The number of nitrogens with one attached hydrogen (secondary N) is 1. The highest BCUT2D eigenvalue weighted by Crippen LogP contribution is 2.35. The van der Waals surface area contributed by atoms with Crippen LogP contribution >= 0.6 is 11.6 Å². The van der Waals surface area contributed by atoms with Crippen LogP contribution in [0, 0.1) is 0 Å². The van der Waals surface area contributed by atoms with Crippen molar-refractivity contribution in [3.05, 3.63) is 48.1 Å². The van der Waals surface area contributed by atoms with Gasteiger partial charge in [0.1, 0.15) is 30.5 Å². The fourth-order valence-electron chi connectivity index (χ4n) is 6.26. The standard InChI is InChI=1S/C34H47ClN10O6/c1-25(22-44-24-38-41-42-44)51-32-19-26(3-8-30(32)35)27-20-36-34(37-21-27)39-31-23-45(29-6-4-28(5-7-29)43-9-11-47-12-10-43)40-33(31)50-18-17-49-16-15-48-14-13-46-2/h3,8,19-21,23-25,28-29H,4-7,9-18,22H2,1-2H3,(H,36,37,39). The van der Waals surface area contributed by atoms with Crippen molar-refractivity contribution in [1.29, 1.82) is 0 Å². The molecular weight excluding hydrogens is 680 g/mol. The quantitative estimate of drug-likeness (QED) is 0.138. The molecule has 16 nitrogen and oxygen atoms in total. The number of methoxy groups -OCH3 is 1. The molecule has 2 fully saturated rings. The zero-order chi connectivity index (χ0) is 35.3.